The maximum atomic E-state index is 13.1. The molecule has 0 unspecified atom stereocenters. The van der Waals surface area contributed by atoms with Crippen molar-refractivity contribution in [1.29, 1.82) is 0 Å². The van der Waals surface area contributed by atoms with E-state index in [-0.39, 0.29) is 23.9 Å². The second-order valence-corrected chi connectivity index (χ2v) is 10.4. The quantitative estimate of drug-likeness (QED) is 0.373. The largest absolute Gasteiger partial charge is 0.322 e. The predicted molar refractivity (Wildman–Crippen MR) is 145 cm³/mol. The number of carbonyl (C=O) groups excluding carboxylic acids is 2. The molecule has 0 aliphatic heterocycles. The maximum absolute atomic E-state index is 13.1. The molecule has 1 heterocycles. The molecule has 0 fully saturated rings. The van der Waals surface area contributed by atoms with E-state index in [9.17, 15) is 9.59 Å². The number of amides is 3. The zero-order valence-corrected chi connectivity index (χ0v) is 22.2. The fourth-order valence-electron chi connectivity index (χ4n) is 3.55. The molecule has 1 aromatic heterocycles. The number of benzene rings is 2. The molecule has 0 atom stereocenters. The number of nitrogens with zero attached hydrogens (tertiary/aromatic N) is 3. The Morgan fingerprint density at radius 2 is 1.77 bits per heavy atom. The monoisotopic (exact) mass is 493 g/mol. The van der Waals surface area contributed by atoms with E-state index in [0.717, 1.165) is 28.3 Å². The highest BCUT2D eigenvalue weighted by Crippen LogP contribution is 2.26. The standard InChI is InChI=1S/C27H35N5O2S/c1-7-15-31(26(34)28-20-11-13-22(35-6)14-12-20)18-25(33)29-24-17-23(27(3,4)5)30-32(24)21-10-8-9-19(2)16-21/h8-14,16-17H,7,15,18H2,1-6H3,(H,28,34)(H,29,33). The predicted octanol–water partition coefficient (Wildman–Crippen LogP) is 6.08. The van der Waals surface area contributed by atoms with Crippen molar-refractivity contribution in [2.45, 2.75) is 51.3 Å². The highest BCUT2D eigenvalue weighted by atomic mass is 32.2. The lowest BCUT2D eigenvalue weighted by molar-refractivity contribution is -0.116. The first-order chi connectivity index (χ1) is 16.6. The van der Waals surface area contributed by atoms with E-state index in [0.29, 0.717) is 18.1 Å². The molecule has 2 aromatic carbocycles. The number of hydrogen-bond donors (Lipinski definition) is 2. The third-order valence-electron chi connectivity index (χ3n) is 5.45. The van der Waals surface area contributed by atoms with Crippen molar-refractivity contribution in [2.75, 3.05) is 30.0 Å². The average Bonchev–Trinajstić information content (AvgIpc) is 3.23. The molecule has 7 nitrogen and oxygen atoms in total. The lowest BCUT2D eigenvalue weighted by Gasteiger charge is -2.22. The van der Waals surface area contributed by atoms with E-state index in [4.69, 9.17) is 5.10 Å². The summed E-state index contributed by atoms with van der Waals surface area (Å²) in [5, 5.41) is 10.6. The van der Waals surface area contributed by atoms with E-state index >= 15 is 0 Å². The Kier molecular flexibility index (Phi) is 8.62. The van der Waals surface area contributed by atoms with Gasteiger partial charge < -0.3 is 15.5 Å². The van der Waals surface area contributed by atoms with Crippen LogP contribution in [-0.4, -0.2) is 46.0 Å². The van der Waals surface area contributed by atoms with Crippen molar-refractivity contribution in [3.63, 3.8) is 0 Å². The minimum Gasteiger partial charge on any atom is -0.315 e. The molecular formula is C27H35N5O2S. The second kappa shape index (κ2) is 11.4. The van der Waals surface area contributed by atoms with Crippen LogP contribution >= 0.6 is 11.8 Å². The first-order valence-electron chi connectivity index (χ1n) is 11.8. The lowest BCUT2D eigenvalue weighted by atomic mass is 9.92. The Bertz CT molecular complexity index is 1170. The van der Waals surface area contributed by atoms with Crippen LogP contribution in [0, 0.1) is 6.92 Å². The van der Waals surface area contributed by atoms with Gasteiger partial charge in [-0.3, -0.25) is 4.79 Å². The fourth-order valence-corrected chi connectivity index (χ4v) is 3.96. The van der Waals surface area contributed by atoms with E-state index in [1.807, 2.05) is 74.7 Å². The minimum absolute atomic E-state index is 0.0631. The SMILES string of the molecule is CCCN(CC(=O)Nc1cc(C(C)(C)C)nn1-c1cccc(C)c1)C(=O)Nc1ccc(SC)cc1. The molecular weight excluding hydrogens is 458 g/mol. The van der Waals surface area contributed by atoms with Crippen LogP contribution in [0.1, 0.15) is 45.4 Å². The van der Waals surface area contributed by atoms with Gasteiger partial charge in [-0.15, -0.1) is 11.8 Å². The molecule has 2 N–H and O–H groups in total. The van der Waals surface area contributed by atoms with Crippen molar-refractivity contribution in [1.82, 2.24) is 14.7 Å². The van der Waals surface area contributed by atoms with E-state index < -0.39 is 0 Å². The minimum atomic E-state index is -0.304. The van der Waals surface area contributed by atoms with Crippen LogP contribution in [-0.2, 0) is 10.2 Å². The van der Waals surface area contributed by atoms with E-state index in [2.05, 4.69) is 31.4 Å². The van der Waals surface area contributed by atoms with Crippen LogP contribution in [0.15, 0.2) is 59.5 Å². The van der Waals surface area contributed by atoms with E-state index in [1.54, 1.807) is 16.4 Å². The van der Waals surface area contributed by atoms with Crippen LogP contribution in [0.5, 0.6) is 0 Å². The van der Waals surface area contributed by atoms with Gasteiger partial charge >= 0.3 is 6.03 Å². The van der Waals surface area contributed by atoms with Gasteiger partial charge in [0.1, 0.15) is 12.4 Å². The molecule has 3 rings (SSSR count). The molecule has 0 aliphatic rings. The summed E-state index contributed by atoms with van der Waals surface area (Å²) in [4.78, 5) is 28.6. The lowest BCUT2D eigenvalue weighted by Crippen LogP contribution is -2.41. The Labute approximate surface area is 212 Å². The highest BCUT2D eigenvalue weighted by molar-refractivity contribution is 7.98. The molecule has 0 bridgehead atoms. The van der Waals surface area contributed by atoms with Gasteiger partial charge in [-0.05, 0) is 61.6 Å². The number of thioether (sulfide) groups is 1. The second-order valence-electron chi connectivity index (χ2n) is 9.54. The van der Waals surface area contributed by atoms with Gasteiger partial charge in [0.2, 0.25) is 5.91 Å². The van der Waals surface area contributed by atoms with Crippen LogP contribution in [0.3, 0.4) is 0 Å². The van der Waals surface area contributed by atoms with Crippen molar-refractivity contribution in [3.8, 4) is 5.69 Å². The van der Waals surface area contributed by atoms with Gasteiger partial charge in [0.25, 0.3) is 0 Å². The number of aromatic nitrogens is 2. The first-order valence-corrected chi connectivity index (χ1v) is 13.0. The van der Waals surface area contributed by atoms with E-state index in [1.165, 1.54) is 4.90 Å². The van der Waals surface area contributed by atoms with Crippen LogP contribution in [0.4, 0.5) is 16.3 Å². The first kappa shape index (κ1) is 26.3. The number of anilines is 2. The molecule has 186 valence electrons. The molecule has 0 aliphatic carbocycles. The molecule has 0 spiro atoms. The molecule has 35 heavy (non-hydrogen) atoms. The van der Waals surface area contributed by atoms with Crippen molar-refractivity contribution in [2.24, 2.45) is 0 Å². The smallest absolute Gasteiger partial charge is 0.315 e. The van der Waals surface area contributed by atoms with Gasteiger partial charge in [0, 0.05) is 28.6 Å². The Morgan fingerprint density at radius 1 is 1.06 bits per heavy atom. The molecule has 3 amide bonds. The number of nitrogens with one attached hydrogen (secondary N) is 2. The van der Waals surface area contributed by atoms with Crippen molar-refractivity contribution < 1.29 is 9.59 Å². The third kappa shape index (κ3) is 7.11. The van der Waals surface area contributed by atoms with Gasteiger partial charge in [0.05, 0.1) is 11.4 Å². The zero-order chi connectivity index (χ0) is 25.6. The highest BCUT2D eigenvalue weighted by Gasteiger charge is 2.23. The van der Waals surface area contributed by atoms with Crippen LogP contribution < -0.4 is 10.6 Å². The Balaban J connectivity index is 1.77. The topological polar surface area (TPSA) is 79.3 Å². The van der Waals surface area contributed by atoms with Gasteiger partial charge in [-0.1, -0.05) is 39.8 Å². The number of rotatable bonds is 8. The van der Waals surface area contributed by atoms with Crippen LogP contribution in [0.25, 0.3) is 5.69 Å². The third-order valence-corrected chi connectivity index (χ3v) is 6.19. The number of urea groups is 1. The summed E-state index contributed by atoms with van der Waals surface area (Å²) in [7, 11) is 0. The summed E-state index contributed by atoms with van der Waals surface area (Å²) in [5.74, 6) is 0.302. The van der Waals surface area contributed by atoms with Gasteiger partial charge in [-0.25, -0.2) is 9.48 Å². The summed E-state index contributed by atoms with van der Waals surface area (Å²) < 4.78 is 1.75. The normalized spacial score (nSPS) is 11.3. The van der Waals surface area contributed by atoms with Crippen LogP contribution in [0.2, 0.25) is 0 Å². The summed E-state index contributed by atoms with van der Waals surface area (Å²) >= 11 is 1.64. The van der Waals surface area contributed by atoms with Crippen molar-refractivity contribution in [3.05, 3.63) is 65.9 Å². The average molecular weight is 494 g/mol. The molecule has 0 saturated heterocycles. The molecule has 8 heteroatoms. The zero-order valence-electron chi connectivity index (χ0n) is 21.4. The number of carbonyl (C=O) groups is 2. The Hall–Kier alpha value is -3.26. The fraction of sp³-hybridized carbons (Fsp3) is 0.370. The molecule has 3 aromatic rings. The summed E-state index contributed by atoms with van der Waals surface area (Å²) in [5.41, 5.74) is 3.35. The van der Waals surface area contributed by atoms with Gasteiger partial charge in [0.15, 0.2) is 0 Å². The Morgan fingerprint density at radius 3 is 2.37 bits per heavy atom. The number of aryl methyl sites for hydroxylation is 1. The molecule has 0 radical (unpaired) electrons. The van der Waals surface area contributed by atoms with Crippen molar-refractivity contribution >= 4 is 35.2 Å². The summed E-state index contributed by atoms with van der Waals surface area (Å²) in [6, 6.07) is 17.2. The molecule has 0 saturated carbocycles. The maximum Gasteiger partial charge on any atom is 0.322 e. The van der Waals surface area contributed by atoms with Gasteiger partial charge in [-0.2, -0.15) is 5.10 Å². The number of hydrogen-bond acceptors (Lipinski definition) is 4. The summed E-state index contributed by atoms with van der Waals surface area (Å²) in [6.45, 7) is 10.7. The summed E-state index contributed by atoms with van der Waals surface area (Å²) in [6.07, 6.45) is 2.74.